The quantitative estimate of drug-likeness (QED) is 0.330. The second-order valence-electron chi connectivity index (χ2n) is 4.38. The summed E-state index contributed by atoms with van der Waals surface area (Å²) in [6.07, 6.45) is 3.04. The number of hydrogen-bond acceptors (Lipinski definition) is 6. The Balaban J connectivity index is 1.54. The zero-order valence-electron chi connectivity index (χ0n) is 11.9. The summed E-state index contributed by atoms with van der Waals surface area (Å²) >= 11 is 12.3. The summed E-state index contributed by atoms with van der Waals surface area (Å²) in [4.78, 5) is 27.1. The summed E-state index contributed by atoms with van der Waals surface area (Å²) < 4.78 is 1.06. The van der Waals surface area contributed by atoms with E-state index in [-0.39, 0.29) is 0 Å². The van der Waals surface area contributed by atoms with Gasteiger partial charge in [-0.15, -0.1) is 11.3 Å². The third-order valence-electron chi connectivity index (χ3n) is 2.77. The van der Waals surface area contributed by atoms with E-state index in [9.17, 15) is 4.79 Å². The van der Waals surface area contributed by atoms with Gasteiger partial charge in [0.2, 0.25) is 5.13 Å². The number of hydroxylamine groups is 1. The Labute approximate surface area is 159 Å². The number of rotatable bonds is 5. The van der Waals surface area contributed by atoms with Gasteiger partial charge in [-0.1, -0.05) is 22.9 Å². The first-order chi connectivity index (χ1) is 11.6. The normalized spacial score (nSPS) is 10.9. The number of halogens is 2. The predicted octanol–water partition coefficient (Wildman–Crippen LogP) is 5.31. The second kappa shape index (κ2) is 7.89. The highest BCUT2D eigenvalue weighted by Crippen LogP contribution is 2.36. The molecule has 122 valence electrons. The van der Waals surface area contributed by atoms with Gasteiger partial charge < -0.3 is 4.84 Å². The molecule has 5 nitrogen and oxygen atoms in total. The van der Waals surface area contributed by atoms with Crippen LogP contribution in [0.5, 0.6) is 0 Å². The highest BCUT2D eigenvalue weighted by molar-refractivity contribution is 9.11. The van der Waals surface area contributed by atoms with Crippen LogP contribution >= 0.6 is 50.2 Å². The number of hydrogen-bond donors (Lipinski definition) is 1. The Kier molecular flexibility index (Phi) is 5.62. The van der Waals surface area contributed by atoms with Crippen molar-refractivity contribution in [2.45, 2.75) is 0 Å². The van der Waals surface area contributed by atoms with Crippen molar-refractivity contribution in [1.82, 2.24) is 10.5 Å². The summed E-state index contributed by atoms with van der Waals surface area (Å²) in [5, 5.41) is 1.11. The zero-order valence-corrected chi connectivity index (χ0v) is 15.9. The minimum absolute atomic E-state index is 0.389. The van der Waals surface area contributed by atoms with Gasteiger partial charge in [0.05, 0.1) is 14.2 Å². The van der Waals surface area contributed by atoms with Gasteiger partial charge in [0, 0.05) is 16.1 Å². The lowest BCUT2D eigenvalue weighted by Crippen LogP contribution is -2.18. The number of benzene rings is 1. The van der Waals surface area contributed by atoms with E-state index in [1.807, 2.05) is 12.1 Å². The summed E-state index contributed by atoms with van der Waals surface area (Å²) in [7, 11) is 0. The van der Waals surface area contributed by atoms with E-state index in [1.165, 1.54) is 17.7 Å². The van der Waals surface area contributed by atoms with Crippen LogP contribution in [-0.4, -0.2) is 17.3 Å². The summed E-state index contributed by atoms with van der Waals surface area (Å²) in [5.74, 6) is -0.526. The van der Waals surface area contributed by atoms with Crippen molar-refractivity contribution in [2.75, 3.05) is 0 Å². The predicted molar refractivity (Wildman–Crippen MR) is 101 cm³/mol. The average molecular weight is 443 g/mol. The summed E-state index contributed by atoms with van der Waals surface area (Å²) in [5.41, 5.74) is 2.78. The van der Waals surface area contributed by atoms with Crippen molar-refractivity contribution in [3.63, 3.8) is 0 Å². The molecule has 3 aromatic rings. The molecule has 0 atom stereocenters. The second-order valence-corrected chi connectivity index (χ2v) is 8.29. The van der Waals surface area contributed by atoms with Crippen LogP contribution in [0.2, 0.25) is 5.02 Å². The van der Waals surface area contributed by atoms with Crippen LogP contribution in [0.4, 0.5) is 5.13 Å². The molecule has 1 N–H and O–H groups in total. The molecule has 0 saturated carbocycles. The van der Waals surface area contributed by atoms with Crippen molar-refractivity contribution in [2.24, 2.45) is 4.99 Å². The van der Waals surface area contributed by atoms with Crippen molar-refractivity contribution >= 4 is 67.6 Å². The average Bonchev–Trinajstić information content (AvgIpc) is 3.21. The van der Waals surface area contributed by atoms with E-state index < -0.39 is 5.97 Å². The SMILES string of the molecule is O=C(ONC=Nc1ncc(-c2ccc(Br)s2)s1)c1ccc(Cl)cc1. The molecule has 0 bridgehead atoms. The van der Waals surface area contributed by atoms with Gasteiger partial charge in [-0.25, -0.2) is 20.3 Å². The van der Waals surface area contributed by atoms with Crippen LogP contribution < -0.4 is 5.48 Å². The fraction of sp³-hybridized carbons (Fsp3) is 0. The lowest BCUT2D eigenvalue weighted by atomic mass is 10.2. The molecule has 3 rings (SSSR count). The number of nitrogens with zero attached hydrogens (tertiary/aromatic N) is 2. The molecule has 0 aliphatic rings. The van der Waals surface area contributed by atoms with Gasteiger partial charge in [-0.3, -0.25) is 0 Å². The highest BCUT2D eigenvalue weighted by Gasteiger charge is 2.07. The number of carbonyl (C=O) groups excluding carboxylic acids is 1. The Bertz CT molecular complexity index is 877. The minimum Gasteiger partial charge on any atom is -0.337 e. The lowest BCUT2D eigenvalue weighted by Gasteiger charge is -2.01. The largest absolute Gasteiger partial charge is 0.362 e. The molecule has 0 radical (unpaired) electrons. The number of nitrogens with one attached hydrogen (secondary N) is 1. The lowest BCUT2D eigenvalue weighted by molar-refractivity contribution is 0.0395. The molecule has 0 aliphatic heterocycles. The number of carbonyl (C=O) groups is 1. The third-order valence-corrected chi connectivity index (χ3v) is 5.75. The molecule has 0 fully saturated rings. The Morgan fingerprint density at radius 2 is 2.00 bits per heavy atom. The Hall–Kier alpha value is -1.74. The smallest absolute Gasteiger partial charge is 0.337 e. The Morgan fingerprint density at radius 3 is 2.71 bits per heavy atom. The van der Waals surface area contributed by atoms with Crippen LogP contribution in [0.1, 0.15) is 10.4 Å². The number of aliphatic imine (C=N–C) groups is 1. The Morgan fingerprint density at radius 1 is 1.21 bits per heavy atom. The van der Waals surface area contributed by atoms with Gasteiger partial charge >= 0.3 is 5.97 Å². The van der Waals surface area contributed by atoms with Crippen LogP contribution in [0.25, 0.3) is 9.75 Å². The molecule has 0 amide bonds. The maximum Gasteiger partial charge on any atom is 0.362 e. The summed E-state index contributed by atoms with van der Waals surface area (Å²) in [6, 6.07) is 10.4. The number of thiophene rings is 1. The van der Waals surface area contributed by atoms with E-state index >= 15 is 0 Å². The molecule has 0 spiro atoms. The first-order valence-electron chi connectivity index (χ1n) is 6.58. The van der Waals surface area contributed by atoms with Gasteiger partial charge in [0.25, 0.3) is 0 Å². The molecule has 0 aliphatic carbocycles. The topological polar surface area (TPSA) is 63.6 Å². The third kappa shape index (κ3) is 4.41. The van der Waals surface area contributed by atoms with Gasteiger partial charge in [-0.05, 0) is 52.3 Å². The number of thiazole rings is 1. The van der Waals surface area contributed by atoms with Crippen LogP contribution in [0.15, 0.2) is 51.4 Å². The van der Waals surface area contributed by atoms with E-state index in [0.29, 0.717) is 15.7 Å². The van der Waals surface area contributed by atoms with E-state index in [4.69, 9.17) is 16.4 Å². The minimum atomic E-state index is -0.526. The van der Waals surface area contributed by atoms with Gasteiger partial charge in [0.1, 0.15) is 6.34 Å². The van der Waals surface area contributed by atoms with E-state index in [2.05, 4.69) is 31.4 Å². The van der Waals surface area contributed by atoms with Crippen molar-refractivity contribution in [3.8, 4) is 9.75 Å². The van der Waals surface area contributed by atoms with Crippen LogP contribution in [0.3, 0.4) is 0 Å². The molecule has 2 heterocycles. The molecular formula is C15H9BrClN3O2S2. The van der Waals surface area contributed by atoms with Crippen molar-refractivity contribution in [3.05, 3.63) is 57.0 Å². The molecule has 0 saturated heterocycles. The number of aromatic nitrogens is 1. The fourth-order valence-electron chi connectivity index (χ4n) is 1.69. The first-order valence-corrected chi connectivity index (χ1v) is 9.38. The van der Waals surface area contributed by atoms with Crippen LogP contribution in [0, 0.1) is 0 Å². The summed E-state index contributed by atoms with van der Waals surface area (Å²) in [6.45, 7) is 0. The monoisotopic (exact) mass is 441 g/mol. The van der Waals surface area contributed by atoms with Gasteiger partial charge in [0.15, 0.2) is 0 Å². The molecule has 24 heavy (non-hydrogen) atoms. The first kappa shape index (κ1) is 17.1. The van der Waals surface area contributed by atoms with Gasteiger partial charge in [-0.2, -0.15) is 0 Å². The fourth-order valence-corrected chi connectivity index (χ4v) is 4.04. The maximum absolute atomic E-state index is 11.8. The molecular weight excluding hydrogens is 434 g/mol. The van der Waals surface area contributed by atoms with Crippen molar-refractivity contribution in [1.29, 1.82) is 0 Å². The molecule has 9 heteroatoms. The van der Waals surface area contributed by atoms with E-state index in [1.54, 1.807) is 41.8 Å². The molecule has 1 aromatic carbocycles. The molecule has 2 aromatic heterocycles. The zero-order chi connectivity index (χ0) is 16.9. The van der Waals surface area contributed by atoms with Crippen molar-refractivity contribution < 1.29 is 9.63 Å². The standard InChI is InChI=1S/C15H9BrClN3O2S2/c16-13-6-5-11(23-13)12-7-18-15(24-12)19-8-20-22-14(21)9-1-3-10(17)4-2-9/h1-8H,(H,18,19,20). The molecule has 0 unspecified atom stereocenters. The maximum atomic E-state index is 11.8. The van der Waals surface area contributed by atoms with Crippen LogP contribution in [-0.2, 0) is 4.84 Å². The highest BCUT2D eigenvalue weighted by atomic mass is 79.9. The van der Waals surface area contributed by atoms with E-state index in [0.717, 1.165) is 13.5 Å².